The molecule has 0 radical (unpaired) electrons. The standard InChI is InChI=1S/C20H16O6/c1-2-24-14-9-7-13(8-10-14)17(22)12-25-20(23)19-11-16(21)15-5-3-4-6-18(15)26-19/h3-11H,2,12H2,1H3. The SMILES string of the molecule is CCOc1ccc(C(=O)COC(=O)c2cc(=O)c3ccccc3o2)cc1. The van der Waals surface area contributed by atoms with Crippen molar-refractivity contribution in [1.82, 2.24) is 0 Å². The molecule has 1 aromatic heterocycles. The maximum absolute atomic E-state index is 12.1. The van der Waals surface area contributed by atoms with Gasteiger partial charge in [-0.15, -0.1) is 0 Å². The predicted octanol–water partition coefficient (Wildman–Crippen LogP) is 3.23. The monoisotopic (exact) mass is 352 g/mol. The van der Waals surface area contributed by atoms with Crippen LogP contribution in [0.5, 0.6) is 5.75 Å². The molecule has 0 fully saturated rings. The third kappa shape index (κ3) is 3.80. The van der Waals surface area contributed by atoms with Crippen molar-refractivity contribution in [1.29, 1.82) is 0 Å². The Morgan fingerprint density at radius 1 is 1.04 bits per heavy atom. The van der Waals surface area contributed by atoms with Crippen LogP contribution in [0, 0.1) is 0 Å². The third-order valence-electron chi connectivity index (χ3n) is 3.66. The Morgan fingerprint density at radius 3 is 2.50 bits per heavy atom. The lowest BCUT2D eigenvalue weighted by molar-refractivity contribution is 0.0444. The molecule has 0 spiro atoms. The Labute approximate surface area is 149 Å². The van der Waals surface area contributed by atoms with Gasteiger partial charge in [0.05, 0.1) is 12.0 Å². The molecule has 6 nitrogen and oxygen atoms in total. The molecule has 0 aliphatic heterocycles. The highest BCUT2D eigenvalue weighted by Crippen LogP contribution is 2.14. The van der Waals surface area contributed by atoms with Crippen molar-refractivity contribution in [3.05, 3.63) is 76.1 Å². The molecule has 3 aromatic rings. The van der Waals surface area contributed by atoms with Gasteiger partial charge in [0, 0.05) is 11.6 Å². The number of benzene rings is 2. The maximum Gasteiger partial charge on any atom is 0.374 e. The van der Waals surface area contributed by atoms with Gasteiger partial charge in [-0.25, -0.2) is 4.79 Å². The number of fused-ring (bicyclic) bond motifs is 1. The topological polar surface area (TPSA) is 82.8 Å². The first-order valence-corrected chi connectivity index (χ1v) is 8.04. The van der Waals surface area contributed by atoms with Crippen molar-refractivity contribution in [2.45, 2.75) is 6.92 Å². The molecule has 132 valence electrons. The van der Waals surface area contributed by atoms with Gasteiger partial charge in [0.25, 0.3) is 0 Å². The minimum atomic E-state index is -0.868. The predicted molar refractivity (Wildman–Crippen MR) is 94.7 cm³/mol. The van der Waals surface area contributed by atoms with E-state index < -0.39 is 12.6 Å². The third-order valence-corrected chi connectivity index (χ3v) is 3.66. The van der Waals surface area contributed by atoms with Crippen LogP contribution < -0.4 is 10.2 Å². The first-order valence-electron chi connectivity index (χ1n) is 8.04. The number of carbonyl (C=O) groups is 2. The quantitative estimate of drug-likeness (QED) is 0.500. The Balaban J connectivity index is 1.68. The molecule has 3 rings (SSSR count). The van der Waals surface area contributed by atoms with Crippen molar-refractivity contribution in [3.8, 4) is 5.75 Å². The second kappa shape index (κ2) is 7.65. The van der Waals surface area contributed by atoms with Crippen LogP contribution in [0.4, 0.5) is 0 Å². The molecule has 2 aromatic carbocycles. The van der Waals surface area contributed by atoms with E-state index in [1.807, 2.05) is 6.92 Å². The van der Waals surface area contributed by atoms with Crippen LogP contribution in [-0.2, 0) is 4.74 Å². The van der Waals surface area contributed by atoms with Gasteiger partial charge >= 0.3 is 5.97 Å². The number of ether oxygens (including phenoxy) is 2. The minimum Gasteiger partial charge on any atom is -0.494 e. The van der Waals surface area contributed by atoms with Gasteiger partial charge in [0.1, 0.15) is 11.3 Å². The van der Waals surface area contributed by atoms with Crippen LogP contribution in [0.1, 0.15) is 27.8 Å². The van der Waals surface area contributed by atoms with E-state index >= 15 is 0 Å². The maximum atomic E-state index is 12.1. The van der Waals surface area contributed by atoms with Gasteiger partial charge < -0.3 is 13.9 Å². The number of Topliss-reactive ketones (excluding diaryl/α,β-unsaturated/α-hetero) is 1. The van der Waals surface area contributed by atoms with Crippen LogP contribution >= 0.6 is 0 Å². The summed E-state index contributed by atoms with van der Waals surface area (Å²) in [5.41, 5.74) is 0.322. The molecule has 1 heterocycles. The number of hydrogen-bond donors (Lipinski definition) is 0. The summed E-state index contributed by atoms with van der Waals surface area (Å²) in [4.78, 5) is 36.2. The van der Waals surface area contributed by atoms with E-state index in [4.69, 9.17) is 13.9 Å². The van der Waals surface area contributed by atoms with Crippen molar-refractivity contribution in [2.75, 3.05) is 13.2 Å². The van der Waals surface area contributed by atoms with E-state index in [0.717, 1.165) is 6.07 Å². The Kier molecular flexibility index (Phi) is 5.12. The summed E-state index contributed by atoms with van der Waals surface area (Å²) in [6.07, 6.45) is 0. The average Bonchev–Trinajstić information content (AvgIpc) is 2.66. The van der Waals surface area contributed by atoms with Crippen molar-refractivity contribution in [3.63, 3.8) is 0 Å². The number of rotatable bonds is 6. The number of hydrogen-bond acceptors (Lipinski definition) is 6. The molecule has 0 atom stereocenters. The first-order chi connectivity index (χ1) is 12.6. The van der Waals surface area contributed by atoms with E-state index in [0.29, 0.717) is 23.3 Å². The van der Waals surface area contributed by atoms with Crippen molar-refractivity contribution in [2.24, 2.45) is 0 Å². The smallest absolute Gasteiger partial charge is 0.374 e. The van der Waals surface area contributed by atoms with Gasteiger partial charge in [-0.05, 0) is 43.3 Å². The Hall–Kier alpha value is -3.41. The molecule has 0 saturated carbocycles. The molecular formula is C20H16O6. The lowest BCUT2D eigenvalue weighted by Crippen LogP contribution is -2.16. The summed E-state index contributed by atoms with van der Waals surface area (Å²) < 4.78 is 15.7. The second-order valence-corrected chi connectivity index (χ2v) is 5.43. The van der Waals surface area contributed by atoms with E-state index in [1.165, 1.54) is 0 Å². The fourth-order valence-corrected chi connectivity index (χ4v) is 2.39. The van der Waals surface area contributed by atoms with Crippen molar-refractivity contribution >= 4 is 22.7 Å². The summed E-state index contributed by atoms with van der Waals surface area (Å²) in [6.45, 7) is 1.94. The number of para-hydroxylation sites is 1. The number of ketones is 1. The normalized spacial score (nSPS) is 10.5. The largest absolute Gasteiger partial charge is 0.494 e. The van der Waals surface area contributed by atoms with E-state index in [1.54, 1.807) is 48.5 Å². The molecule has 0 N–H and O–H groups in total. The van der Waals surface area contributed by atoms with E-state index in [2.05, 4.69) is 0 Å². The first kappa shape index (κ1) is 17.4. The molecule has 26 heavy (non-hydrogen) atoms. The molecule has 6 heteroatoms. The summed E-state index contributed by atoms with van der Waals surface area (Å²) in [5.74, 6) is -0.830. The van der Waals surface area contributed by atoms with Gasteiger partial charge in [-0.3, -0.25) is 9.59 Å². The van der Waals surface area contributed by atoms with Crippen LogP contribution in [0.3, 0.4) is 0 Å². The number of carbonyl (C=O) groups excluding carboxylic acids is 2. The molecule has 0 unspecified atom stereocenters. The highest BCUT2D eigenvalue weighted by Gasteiger charge is 2.16. The lowest BCUT2D eigenvalue weighted by atomic mass is 10.1. The average molecular weight is 352 g/mol. The zero-order valence-corrected chi connectivity index (χ0v) is 14.1. The summed E-state index contributed by atoms with van der Waals surface area (Å²) in [6, 6.07) is 14.2. The van der Waals surface area contributed by atoms with Gasteiger partial charge in [0.2, 0.25) is 5.76 Å². The lowest BCUT2D eigenvalue weighted by Gasteiger charge is -2.06. The second-order valence-electron chi connectivity index (χ2n) is 5.43. The minimum absolute atomic E-state index is 0.242. The van der Waals surface area contributed by atoms with Crippen LogP contribution in [-0.4, -0.2) is 25.0 Å². The van der Waals surface area contributed by atoms with E-state index in [9.17, 15) is 14.4 Å². The van der Waals surface area contributed by atoms with Crippen LogP contribution in [0.25, 0.3) is 11.0 Å². The zero-order valence-electron chi connectivity index (χ0n) is 14.1. The summed E-state index contributed by atoms with van der Waals surface area (Å²) in [5, 5.41) is 0.370. The molecule has 0 aliphatic rings. The fourth-order valence-electron chi connectivity index (χ4n) is 2.39. The Morgan fingerprint density at radius 2 is 1.77 bits per heavy atom. The number of esters is 1. The molecule has 0 bridgehead atoms. The molecule has 0 saturated heterocycles. The van der Waals surface area contributed by atoms with Gasteiger partial charge in [-0.1, -0.05) is 12.1 Å². The summed E-state index contributed by atoms with van der Waals surface area (Å²) >= 11 is 0. The Bertz CT molecular complexity index is 1000. The molecular weight excluding hydrogens is 336 g/mol. The molecule has 0 aliphatic carbocycles. The fraction of sp³-hybridized carbons (Fsp3) is 0.150. The highest BCUT2D eigenvalue weighted by atomic mass is 16.5. The summed E-state index contributed by atoms with van der Waals surface area (Å²) in [7, 11) is 0. The van der Waals surface area contributed by atoms with Crippen LogP contribution in [0.15, 0.2) is 63.8 Å². The highest BCUT2D eigenvalue weighted by molar-refractivity contribution is 5.99. The van der Waals surface area contributed by atoms with Gasteiger partial charge in [0.15, 0.2) is 17.8 Å². The molecule has 0 amide bonds. The van der Waals surface area contributed by atoms with Gasteiger partial charge in [-0.2, -0.15) is 0 Å². The zero-order chi connectivity index (χ0) is 18.5. The van der Waals surface area contributed by atoms with Crippen LogP contribution in [0.2, 0.25) is 0 Å². The van der Waals surface area contributed by atoms with E-state index in [-0.39, 0.29) is 22.6 Å². The van der Waals surface area contributed by atoms with Crippen molar-refractivity contribution < 1.29 is 23.5 Å².